The number of carbonyl (C=O) groups is 2. The molecular formula is C18H17N3O4. The van der Waals surface area contributed by atoms with Gasteiger partial charge in [0.25, 0.3) is 5.91 Å². The molecule has 0 fully saturated rings. The third-order valence-corrected chi connectivity index (χ3v) is 3.66. The number of hydrogen-bond donors (Lipinski definition) is 3. The Morgan fingerprint density at radius 2 is 2.24 bits per heavy atom. The normalized spacial score (nSPS) is 14.2. The van der Waals surface area contributed by atoms with Gasteiger partial charge in [0.15, 0.2) is 0 Å². The molecule has 0 unspecified atom stereocenters. The van der Waals surface area contributed by atoms with Crippen molar-refractivity contribution in [2.45, 2.75) is 13.5 Å². The van der Waals surface area contributed by atoms with Crippen molar-refractivity contribution in [3.05, 3.63) is 59.4 Å². The zero-order valence-corrected chi connectivity index (χ0v) is 13.6. The summed E-state index contributed by atoms with van der Waals surface area (Å²) in [4.78, 5) is 28.1. The molecule has 3 rings (SSSR count). The highest BCUT2D eigenvalue weighted by atomic mass is 16.5. The molecule has 128 valence electrons. The molecule has 2 aromatic rings. The maximum atomic E-state index is 12.2. The first-order valence-corrected chi connectivity index (χ1v) is 7.77. The molecule has 2 heterocycles. The Balaban J connectivity index is 1.89. The van der Waals surface area contributed by atoms with Crippen LogP contribution >= 0.6 is 0 Å². The summed E-state index contributed by atoms with van der Waals surface area (Å²) in [6.07, 6.45) is 2.92. The number of aliphatic hydroxyl groups excluding tert-OH is 1. The van der Waals surface area contributed by atoms with E-state index in [4.69, 9.17) is 4.74 Å². The fraction of sp³-hybridized carbons (Fsp3) is 0.167. The first-order valence-electron chi connectivity index (χ1n) is 7.77. The minimum Gasteiger partial charge on any atom is -0.462 e. The average Bonchev–Trinajstić information content (AvgIpc) is 2.94. The summed E-state index contributed by atoms with van der Waals surface area (Å²) in [5, 5.41) is 14.9. The zero-order valence-electron chi connectivity index (χ0n) is 13.6. The molecular weight excluding hydrogens is 322 g/mol. The third kappa shape index (κ3) is 3.51. The minimum atomic E-state index is -0.486. The summed E-state index contributed by atoms with van der Waals surface area (Å²) in [5.41, 5.74) is 2.66. The maximum Gasteiger partial charge on any atom is 0.339 e. The molecule has 7 heteroatoms. The number of rotatable bonds is 5. The van der Waals surface area contributed by atoms with Gasteiger partial charge in [0.2, 0.25) is 0 Å². The van der Waals surface area contributed by atoms with E-state index in [1.807, 2.05) is 6.07 Å². The Morgan fingerprint density at radius 3 is 3.00 bits per heavy atom. The largest absolute Gasteiger partial charge is 0.462 e. The molecule has 1 aliphatic heterocycles. The number of nitrogens with one attached hydrogen (secondary N) is 2. The van der Waals surface area contributed by atoms with Gasteiger partial charge in [-0.3, -0.25) is 4.79 Å². The molecule has 1 aromatic carbocycles. The lowest BCUT2D eigenvalue weighted by Crippen LogP contribution is -2.06. The van der Waals surface area contributed by atoms with Crippen LogP contribution in [-0.2, 0) is 16.1 Å². The number of hydrogen-bond acceptors (Lipinski definition) is 6. The molecule has 0 aliphatic carbocycles. The number of aromatic nitrogens is 1. The van der Waals surface area contributed by atoms with Gasteiger partial charge in [-0.05, 0) is 30.7 Å². The number of fused-ring (bicyclic) bond motifs is 1. The van der Waals surface area contributed by atoms with Crippen molar-refractivity contribution in [1.82, 2.24) is 4.98 Å². The van der Waals surface area contributed by atoms with Gasteiger partial charge in [0.05, 0.1) is 24.4 Å². The molecule has 3 N–H and O–H groups in total. The smallest absolute Gasteiger partial charge is 0.339 e. The molecule has 0 spiro atoms. The van der Waals surface area contributed by atoms with Gasteiger partial charge in [-0.15, -0.1) is 0 Å². The van der Waals surface area contributed by atoms with Crippen molar-refractivity contribution in [2.75, 3.05) is 17.2 Å². The molecule has 0 saturated carbocycles. The van der Waals surface area contributed by atoms with E-state index in [1.54, 1.807) is 37.4 Å². The highest BCUT2D eigenvalue weighted by molar-refractivity contribution is 6.31. The molecule has 0 radical (unpaired) electrons. The fourth-order valence-electron chi connectivity index (χ4n) is 2.45. The summed E-state index contributed by atoms with van der Waals surface area (Å²) in [6, 6.07) is 8.77. The number of nitrogens with zero attached hydrogens (tertiary/aromatic N) is 1. The first kappa shape index (κ1) is 16.7. The van der Waals surface area contributed by atoms with Crippen LogP contribution < -0.4 is 10.6 Å². The van der Waals surface area contributed by atoms with E-state index < -0.39 is 5.97 Å². The number of amides is 1. The number of pyridine rings is 1. The van der Waals surface area contributed by atoms with Gasteiger partial charge >= 0.3 is 5.97 Å². The van der Waals surface area contributed by atoms with Crippen LogP contribution in [0.25, 0.3) is 5.57 Å². The SMILES string of the molecule is CCOC(=O)c1cnc2c(c1)C(=CNc1cccc(CO)c1)C(=O)N2. The van der Waals surface area contributed by atoms with Crippen LogP contribution in [0, 0.1) is 0 Å². The van der Waals surface area contributed by atoms with Gasteiger partial charge in [0.1, 0.15) is 5.82 Å². The number of carbonyl (C=O) groups excluding carboxylic acids is 2. The van der Waals surface area contributed by atoms with E-state index >= 15 is 0 Å². The Bertz CT molecular complexity index is 861. The Kier molecular flexibility index (Phi) is 4.76. The van der Waals surface area contributed by atoms with Crippen molar-refractivity contribution < 1.29 is 19.4 Å². The van der Waals surface area contributed by atoms with E-state index in [-0.39, 0.29) is 24.7 Å². The van der Waals surface area contributed by atoms with Crippen molar-refractivity contribution in [3.8, 4) is 0 Å². The van der Waals surface area contributed by atoms with E-state index in [0.29, 0.717) is 17.0 Å². The standard InChI is InChI=1S/C18H17N3O4/c1-2-25-18(24)12-7-14-15(17(23)21-16(14)20-8-12)9-19-13-5-3-4-11(6-13)10-22/h3-9,19,22H,2,10H2,1H3,(H,20,21,23). The van der Waals surface area contributed by atoms with Gasteiger partial charge in [-0.2, -0.15) is 0 Å². The number of anilines is 2. The molecule has 1 amide bonds. The van der Waals surface area contributed by atoms with Crippen molar-refractivity contribution in [3.63, 3.8) is 0 Å². The molecule has 1 aliphatic rings. The van der Waals surface area contributed by atoms with Crippen LogP contribution in [0.2, 0.25) is 0 Å². The number of esters is 1. The quantitative estimate of drug-likeness (QED) is 0.570. The first-order chi connectivity index (χ1) is 12.1. The second-order valence-corrected chi connectivity index (χ2v) is 5.36. The van der Waals surface area contributed by atoms with Crippen LogP contribution in [0.3, 0.4) is 0 Å². The van der Waals surface area contributed by atoms with Crippen LogP contribution in [-0.4, -0.2) is 28.6 Å². The maximum absolute atomic E-state index is 12.2. The van der Waals surface area contributed by atoms with Gasteiger partial charge in [-0.1, -0.05) is 12.1 Å². The Morgan fingerprint density at radius 1 is 1.40 bits per heavy atom. The predicted molar refractivity (Wildman–Crippen MR) is 92.8 cm³/mol. The van der Waals surface area contributed by atoms with Crippen LogP contribution in [0.5, 0.6) is 0 Å². The molecule has 0 saturated heterocycles. The zero-order chi connectivity index (χ0) is 17.8. The van der Waals surface area contributed by atoms with Crippen molar-refractivity contribution >= 4 is 29.0 Å². The fourth-order valence-corrected chi connectivity index (χ4v) is 2.45. The Hall–Kier alpha value is -3.19. The molecule has 0 bridgehead atoms. The lowest BCUT2D eigenvalue weighted by atomic mass is 10.1. The van der Waals surface area contributed by atoms with Gasteiger partial charge < -0.3 is 20.5 Å². The monoisotopic (exact) mass is 339 g/mol. The van der Waals surface area contributed by atoms with Crippen molar-refractivity contribution in [2.24, 2.45) is 0 Å². The molecule has 7 nitrogen and oxygen atoms in total. The summed E-state index contributed by atoms with van der Waals surface area (Å²) in [6.45, 7) is 1.92. The third-order valence-electron chi connectivity index (χ3n) is 3.66. The molecule has 25 heavy (non-hydrogen) atoms. The highest BCUT2D eigenvalue weighted by Gasteiger charge is 2.26. The second-order valence-electron chi connectivity index (χ2n) is 5.36. The summed E-state index contributed by atoms with van der Waals surface area (Å²) in [5.74, 6) is -0.398. The topological polar surface area (TPSA) is 101 Å². The van der Waals surface area contributed by atoms with Crippen LogP contribution in [0.15, 0.2) is 42.7 Å². The van der Waals surface area contributed by atoms with E-state index in [2.05, 4.69) is 15.6 Å². The molecule has 1 aromatic heterocycles. The van der Waals surface area contributed by atoms with E-state index in [0.717, 1.165) is 11.3 Å². The van der Waals surface area contributed by atoms with Crippen LogP contribution in [0.1, 0.15) is 28.4 Å². The Labute approximate surface area is 144 Å². The lowest BCUT2D eigenvalue weighted by molar-refractivity contribution is -0.110. The van der Waals surface area contributed by atoms with Crippen LogP contribution in [0.4, 0.5) is 11.5 Å². The van der Waals surface area contributed by atoms with E-state index in [9.17, 15) is 14.7 Å². The lowest BCUT2D eigenvalue weighted by Gasteiger charge is -2.05. The highest BCUT2D eigenvalue weighted by Crippen LogP contribution is 2.30. The molecule has 0 atom stereocenters. The summed E-state index contributed by atoms with van der Waals surface area (Å²) >= 11 is 0. The van der Waals surface area contributed by atoms with Gasteiger partial charge in [0, 0.05) is 23.6 Å². The second kappa shape index (κ2) is 7.14. The number of aliphatic hydroxyl groups is 1. The van der Waals surface area contributed by atoms with Gasteiger partial charge in [-0.25, -0.2) is 9.78 Å². The predicted octanol–water partition coefficient (Wildman–Crippen LogP) is 2.16. The summed E-state index contributed by atoms with van der Waals surface area (Å²) < 4.78 is 4.96. The number of ether oxygens (including phenoxy) is 1. The minimum absolute atomic E-state index is 0.0672. The van der Waals surface area contributed by atoms with E-state index in [1.165, 1.54) is 6.20 Å². The van der Waals surface area contributed by atoms with Crippen molar-refractivity contribution in [1.29, 1.82) is 0 Å². The number of benzene rings is 1. The summed E-state index contributed by atoms with van der Waals surface area (Å²) in [7, 11) is 0. The average molecular weight is 339 g/mol.